The molecule has 0 atom stereocenters. The molecule has 0 aliphatic carbocycles. The number of methoxy groups -OCH3 is 2. The Morgan fingerprint density at radius 2 is 1.67 bits per heavy atom. The van der Waals surface area contributed by atoms with Gasteiger partial charge in [0.1, 0.15) is 11.5 Å². The largest absolute Gasteiger partial charge is 0.497 e. The van der Waals surface area contributed by atoms with E-state index in [-0.39, 0.29) is 18.3 Å². The molecule has 2 aliphatic rings. The molecule has 1 N–H and O–H groups in total. The second kappa shape index (κ2) is 8.55. The van der Waals surface area contributed by atoms with Crippen LogP contribution in [0.15, 0.2) is 18.2 Å². The highest BCUT2D eigenvalue weighted by Gasteiger charge is 2.30. The van der Waals surface area contributed by atoms with Crippen molar-refractivity contribution in [3.05, 3.63) is 23.8 Å². The summed E-state index contributed by atoms with van der Waals surface area (Å²) in [5.74, 6) is 2.13. The highest BCUT2D eigenvalue weighted by atomic mass is 35.5. The van der Waals surface area contributed by atoms with Crippen molar-refractivity contribution in [3.8, 4) is 11.5 Å². The van der Waals surface area contributed by atoms with Crippen LogP contribution < -0.4 is 14.8 Å². The Bertz CT molecular complexity index is 536. The van der Waals surface area contributed by atoms with Crippen molar-refractivity contribution in [2.75, 3.05) is 53.5 Å². The van der Waals surface area contributed by atoms with E-state index in [2.05, 4.69) is 10.2 Å². The molecule has 2 saturated heterocycles. The van der Waals surface area contributed by atoms with E-state index in [0.29, 0.717) is 5.91 Å². The van der Waals surface area contributed by atoms with Crippen molar-refractivity contribution in [2.45, 2.75) is 6.54 Å². The molecule has 7 heteroatoms. The van der Waals surface area contributed by atoms with Gasteiger partial charge in [-0.2, -0.15) is 0 Å². The van der Waals surface area contributed by atoms with Gasteiger partial charge < -0.3 is 19.7 Å². The Balaban J connectivity index is 0.00000208. The van der Waals surface area contributed by atoms with Crippen LogP contribution in [-0.4, -0.2) is 69.2 Å². The van der Waals surface area contributed by atoms with E-state index >= 15 is 0 Å². The highest BCUT2D eigenvalue weighted by Crippen LogP contribution is 2.24. The number of piperazine rings is 1. The second-order valence-electron chi connectivity index (χ2n) is 6.18. The molecule has 134 valence electrons. The summed E-state index contributed by atoms with van der Waals surface area (Å²) in [6, 6.07) is 5.97. The van der Waals surface area contributed by atoms with Gasteiger partial charge in [0.2, 0.25) is 5.91 Å². The van der Waals surface area contributed by atoms with Gasteiger partial charge in [-0.05, 0) is 17.7 Å². The first-order valence-corrected chi connectivity index (χ1v) is 8.13. The minimum Gasteiger partial charge on any atom is -0.497 e. The van der Waals surface area contributed by atoms with Crippen molar-refractivity contribution >= 4 is 18.3 Å². The van der Waals surface area contributed by atoms with Gasteiger partial charge in [0.25, 0.3) is 0 Å². The number of amides is 1. The van der Waals surface area contributed by atoms with Crippen molar-refractivity contribution in [3.63, 3.8) is 0 Å². The van der Waals surface area contributed by atoms with Crippen LogP contribution in [0.2, 0.25) is 0 Å². The molecule has 0 unspecified atom stereocenters. The highest BCUT2D eigenvalue weighted by molar-refractivity contribution is 5.85. The van der Waals surface area contributed by atoms with E-state index in [1.54, 1.807) is 14.2 Å². The summed E-state index contributed by atoms with van der Waals surface area (Å²) in [4.78, 5) is 16.6. The molecular formula is C17H26ClN3O3. The molecule has 3 rings (SSSR count). The number of carbonyl (C=O) groups excluding carboxylic acids is 1. The Labute approximate surface area is 149 Å². The first-order valence-electron chi connectivity index (χ1n) is 8.13. The first-order chi connectivity index (χ1) is 11.2. The van der Waals surface area contributed by atoms with Gasteiger partial charge in [-0.15, -0.1) is 12.4 Å². The molecule has 0 saturated carbocycles. The predicted octanol–water partition coefficient (Wildman–Crippen LogP) is 0.989. The van der Waals surface area contributed by atoms with Crippen LogP contribution in [0.4, 0.5) is 0 Å². The zero-order chi connectivity index (χ0) is 16.2. The number of halogens is 1. The predicted molar refractivity (Wildman–Crippen MR) is 95.0 cm³/mol. The summed E-state index contributed by atoms with van der Waals surface area (Å²) < 4.78 is 10.6. The van der Waals surface area contributed by atoms with E-state index in [0.717, 1.165) is 57.3 Å². The lowest BCUT2D eigenvalue weighted by Gasteiger charge is -2.38. The molecule has 0 bridgehead atoms. The molecule has 2 aliphatic heterocycles. The van der Waals surface area contributed by atoms with Crippen molar-refractivity contribution < 1.29 is 14.3 Å². The van der Waals surface area contributed by atoms with Gasteiger partial charge in [-0.3, -0.25) is 9.69 Å². The van der Waals surface area contributed by atoms with Crippen LogP contribution in [0.5, 0.6) is 11.5 Å². The van der Waals surface area contributed by atoms with Crippen molar-refractivity contribution in [1.82, 2.24) is 15.1 Å². The number of nitrogens with one attached hydrogen (secondary N) is 1. The fourth-order valence-electron chi connectivity index (χ4n) is 3.06. The minimum atomic E-state index is 0. The van der Waals surface area contributed by atoms with Gasteiger partial charge in [-0.1, -0.05) is 0 Å². The first kappa shape index (κ1) is 18.8. The summed E-state index contributed by atoms with van der Waals surface area (Å²) in [7, 11) is 3.33. The monoisotopic (exact) mass is 355 g/mol. The topological polar surface area (TPSA) is 54.0 Å². The summed E-state index contributed by atoms with van der Waals surface area (Å²) in [6.45, 7) is 5.97. The second-order valence-corrected chi connectivity index (χ2v) is 6.18. The van der Waals surface area contributed by atoms with Gasteiger partial charge in [0.05, 0.1) is 20.1 Å². The number of nitrogens with zero attached hydrogens (tertiary/aromatic N) is 2. The van der Waals surface area contributed by atoms with Crippen LogP contribution in [0.25, 0.3) is 0 Å². The van der Waals surface area contributed by atoms with Gasteiger partial charge in [0, 0.05) is 51.9 Å². The Morgan fingerprint density at radius 1 is 1.08 bits per heavy atom. The molecule has 0 radical (unpaired) electrons. The van der Waals surface area contributed by atoms with Crippen LogP contribution in [0.3, 0.4) is 0 Å². The average Bonchev–Trinajstić information content (AvgIpc) is 2.53. The van der Waals surface area contributed by atoms with Crippen LogP contribution in [-0.2, 0) is 11.3 Å². The maximum atomic E-state index is 12.2. The molecule has 6 nitrogen and oxygen atoms in total. The summed E-state index contributed by atoms with van der Waals surface area (Å²) in [5, 5.41) is 3.16. The van der Waals surface area contributed by atoms with E-state index in [1.165, 1.54) is 5.56 Å². The molecule has 24 heavy (non-hydrogen) atoms. The number of carbonyl (C=O) groups is 1. The lowest BCUT2D eigenvalue weighted by atomic mass is 10.0. The fourth-order valence-corrected chi connectivity index (χ4v) is 3.06. The molecule has 1 aromatic rings. The third-order valence-electron chi connectivity index (χ3n) is 4.63. The Kier molecular flexibility index (Phi) is 6.71. The molecule has 2 heterocycles. The molecule has 0 spiro atoms. The van der Waals surface area contributed by atoms with Gasteiger partial charge >= 0.3 is 0 Å². The van der Waals surface area contributed by atoms with E-state index in [4.69, 9.17) is 9.47 Å². The SMILES string of the molecule is COc1cc(CN2CCN(C(=O)C3CNC3)CC2)cc(OC)c1.Cl. The van der Waals surface area contributed by atoms with Crippen LogP contribution >= 0.6 is 12.4 Å². The Morgan fingerprint density at radius 3 is 2.12 bits per heavy atom. The van der Waals surface area contributed by atoms with Gasteiger partial charge in [-0.25, -0.2) is 0 Å². The third kappa shape index (κ3) is 4.32. The maximum Gasteiger partial charge on any atom is 0.228 e. The van der Waals surface area contributed by atoms with Crippen molar-refractivity contribution in [2.24, 2.45) is 5.92 Å². The van der Waals surface area contributed by atoms with E-state index in [1.807, 2.05) is 23.1 Å². The van der Waals surface area contributed by atoms with Crippen molar-refractivity contribution in [1.29, 1.82) is 0 Å². The molecule has 1 amide bonds. The average molecular weight is 356 g/mol. The van der Waals surface area contributed by atoms with E-state index in [9.17, 15) is 4.79 Å². The lowest BCUT2D eigenvalue weighted by Crippen LogP contribution is -2.56. The number of ether oxygens (including phenoxy) is 2. The third-order valence-corrected chi connectivity index (χ3v) is 4.63. The number of rotatable bonds is 5. The summed E-state index contributed by atoms with van der Waals surface area (Å²) >= 11 is 0. The molecular weight excluding hydrogens is 330 g/mol. The zero-order valence-corrected chi connectivity index (χ0v) is 15.1. The van der Waals surface area contributed by atoms with Crippen LogP contribution in [0.1, 0.15) is 5.56 Å². The maximum absolute atomic E-state index is 12.2. The summed E-state index contributed by atoms with van der Waals surface area (Å²) in [5.41, 5.74) is 1.17. The number of hydrogen-bond acceptors (Lipinski definition) is 5. The smallest absolute Gasteiger partial charge is 0.228 e. The summed E-state index contributed by atoms with van der Waals surface area (Å²) in [6.07, 6.45) is 0. The van der Waals surface area contributed by atoms with Crippen LogP contribution in [0, 0.1) is 5.92 Å². The normalized spacial score (nSPS) is 18.5. The zero-order valence-electron chi connectivity index (χ0n) is 14.3. The molecule has 1 aromatic carbocycles. The lowest BCUT2D eigenvalue weighted by molar-refractivity contribution is -0.138. The standard InChI is InChI=1S/C17H25N3O3.ClH/c1-22-15-7-13(8-16(9-15)23-2)12-19-3-5-20(6-4-19)17(21)14-10-18-11-14;/h7-9,14,18H,3-6,10-12H2,1-2H3;1H. The molecule has 2 fully saturated rings. The fraction of sp³-hybridized carbons (Fsp3) is 0.588. The quantitative estimate of drug-likeness (QED) is 0.853. The van der Waals surface area contributed by atoms with E-state index < -0.39 is 0 Å². The minimum absolute atomic E-state index is 0. The number of hydrogen-bond donors (Lipinski definition) is 1. The Hall–Kier alpha value is -1.50. The number of benzene rings is 1. The molecule has 0 aromatic heterocycles. The van der Waals surface area contributed by atoms with Gasteiger partial charge in [0.15, 0.2) is 0 Å².